The maximum absolute atomic E-state index is 11.5. The molecule has 0 saturated carbocycles. The van der Waals surface area contributed by atoms with Crippen LogP contribution in [0.1, 0.15) is 26.3 Å². The van der Waals surface area contributed by atoms with Gasteiger partial charge < -0.3 is 9.84 Å². The number of nitrogens with one attached hydrogen (secondary N) is 1. The summed E-state index contributed by atoms with van der Waals surface area (Å²) in [6.07, 6.45) is -0.545. The van der Waals surface area contributed by atoms with Crippen molar-refractivity contribution < 1.29 is 19.4 Å². The molecule has 100 valence electrons. The third-order valence-electron chi connectivity index (χ3n) is 1.84. The lowest BCUT2D eigenvalue weighted by atomic mass is 10.2. The molecule has 0 radical (unpaired) electrons. The molecule has 0 aliphatic carbocycles. The van der Waals surface area contributed by atoms with Gasteiger partial charge in [-0.05, 0) is 45.0 Å². The molecular formula is C14H15NO4. The lowest BCUT2D eigenvalue weighted by Gasteiger charge is -2.19. The molecule has 0 saturated heterocycles. The van der Waals surface area contributed by atoms with E-state index < -0.39 is 17.7 Å². The van der Waals surface area contributed by atoms with Crippen molar-refractivity contribution >= 4 is 17.7 Å². The summed E-state index contributed by atoms with van der Waals surface area (Å²) in [5.74, 6) is 3.29. The fourth-order valence-corrected chi connectivity index (χ4v) is 1.18. The first kappa shape index (κ1) is 14.6. The van der Waals surface area contributed by atoms with Gasteiger partial charge in [-0.15, -0.1) is 0 Å². The Kier molecular flexibility index (Phi) is 4.54. The molecule has 1 aromatic carbocycles. The Morgan fingerprint density at radius 1 is 1.21 bits per heavy atom. The van der Waals surface area contributed by atoms with Crippen LogP contribution in [0.25, 0.3) is 0 Å². The highest BCUT2D eigenvalue weighted by Crippen LogP contribution is 2.12. The highest BCUT2D eigenvalue weighted by molar-refractivity contribution is 5.87. The van der Waals surface area contributed by atoms with Crippen LogP contribution in [0.15, 0.2) is 24.3 Å². The van der Waals surface area contributed by atoms with E-state index in [1.807, 2.05) is 5.92 Å². The molecule has 1 rings (SSSR count). The Morgan fingerprint density at radius 2 is 1.79 bits per heavy atom. The molecule has 1 aromatic rings. The first-order chi connectivity index (χ1) is 8.76. The second kappa shape index (κ2) is 5.91. The van der Waals surface area contributed by atoms with E-state index in [1.165, 1.54) is 0 Å². The molecule has 0 spiro atoms. The van der Waals surface area contributed by atoms with E-state index in [2.05, 4.69) is 11.2 Å². The lowest BCUT2D eigenvalue weighted by molar-refractivity contribution is -0.130. The first-order valence-corrected chi connectivity index (χ1v) is 5.61. The maximum atomic E-state index is 11.5. The molecule has 0 fully saturated rings. The molecule has 0 bridgehead atoms. The van der Waals surface area contributed by atoms with Gasteiger partial charge in [-0.1, -0.05) is 5.92 Å². The lowest BCUT2D eigenvalue weighted by Crippen LogP contribution is -2.27. The summed E-state index contributed by atoms with van der Waals surface area (Å²) in [5.41, 5.74) is 0.545. The zero-order valence-electron chi connectivity index (χ0n) is 11.0. The van der Waals surface area contributed by atoms with E-state index in [9.17, 15) is 9.59 Å². The first-order valence-electron chi connectivity index (χ1n) is 5.61. The molecule has 0 atom stereocenters. The van der Waals surface area contributed by atoms with Gasteiger partial charge in [0.25, 0.3) is 0 Å². The molecule has 5 nitrogen and oxygen atoms in total. The van der Waals surface area contributed by atoms with Gasteiger partial charge in [-0.25, -0.2) is 9.59 Å². The van der Waals surface area contributed by atoms with E-state index in [-0.39, 0.29) is 0 Å². The van der Waals surface area contributed by atoms with Crippen LogP contribution in [0, 0.1) is 11.8 Å². The normalized spacial score (nSPS) is 10.1. The van der Waals surface area contributed by atoms with Crippen molar-refractivity contribution in [3.8, 4) is 11.8 Å². The minimum Gasteiger partial charge on any atom is -0.472 e. The van der Waals surface area contributed by atoms with Crippen LogP contribution < -0.4 is 5.32 Å². The zero-order chi connectivity index (χ0) is 14.5. The maximum Gasteiger partial charge on any atom is 0.412 e. The third-order valence-corrected chi connectivity index (χ3v) is 1.84. The van der Waals surface area contributed by atoms with Gasteiger partial charge in [0.15, 0.2) is 0 Å². The minimum atomic E-state index is -1.18. The van der Waals surface area contributed by atoms with Crippen molar-refractivity contribution in [1.29, 1.82) is 0 Å². The average molecular weight is 261 g/mol. The number of carboxylic acids is 1. The Hall–Kier alpha value is -2.48. The minimum absolute atomic E-state index is 0.545. The third kappa shape index (κ3) is 6.13. The summed E-state index contributed by atoms with van der Waals surface area (Å²) < 4.78 is 5.10. The number of hydrogen-bond acceptors (Lipinski definition) is 3. The number of hydrogen-bond donors (Lipinski definition) is 2. The topological polar surface area (TPSA) is 75.6 Å². The molecule has 0 unspecified atom stereocenters. The predicted octanol–water partition coefficient (Wildman–Crippen LogP) is 2.47. The fraction of sp³-hybridized carbons (Fsp3) is 0.286. The van der Waals surface area contributed by atoms with Gasteiger partial charge >= 0.3 is 12.1 Å². The van der Waals surface area contributed by atoms with Crippen LogP contribution in [-0.2, 0) is 9.53 Å². The number of carbonyl (C=O) groups excluding carboxylic acids is 1. The number of anilines is 1. The van der Waals surface area contributed by atoms with Crippen LogP contribution in [0.3, 0.4) is 0 Å². The standard InChI is InChI=1S/C14H15NO4/c1-14(2,3)19-13(18)15-11-7-4-10(5-8-11)6-9-12(16)17/h4-5,7-8H,1-3H3,(H,15,18)(H,16,17). The molecule has 0 aromatic heterocycles. The van der Waals surface area contributed by atoms with Gasteiger partial charge in [0, 0.05) is 17.2 Å². The Balaban J connectivity index is 2.66. The summed E-state index contributed by atoms with van der Waals surface area (Å²) in [6.45, 7) is 5.32. The molecule has 5 heteroatoms. The van der Waals surface area contributed by atoms with Gasteiger partial charge in [-0.3, -0.25) is 5.32 Å². The van der Waals surface area contributed by atoms with Gasteiger partial charge in [0.2, 0.25) is 0 Å². The van der Waals surface area contributed by atoms with Crippen LogP contribution in [0.2, 0.25) is 0 Å². The number of carboxylic acid groups (broad SMARTS) is 1. The molecule has 2 N–H and O–H groups in total. The highest BCUT2D eigenvalue weighted by Gasteiger charge is 2.15. The predicted molar refractivity (Wildman–Crippen MR) is 70.8 cm³/mol. The van der Waals surface area contributed by atoms with Crippen molar-refractivity contribution in [2.75, 3.05) is 5.32 Å². The second-order valence-corrected chi connectivity index (χ2v) is 4.76. The SMILES string of the molecule is CC(C)(C)OC(=O)Nc1ccc(C#CC(=O)O)cc1. The molecule has 1 amide bonds. The summed E-state index contributed by atoms with van der Waals surface area (Å²) in [5, 5.41) is 11.0. The van der Waals surface area contributed by atoms with E-state index in [4.69, 9.17) is 9.84 Å². The zero-order valence-corrected chi connectivity index (χ0v) is 11.0. The monoisotopic (exact) mass is 261 g/mol. The van der Waals surface area contributed by atoms with E-state index in [1.54, 1.807) is 45.0 Å². The van der Waals surface area contributed by atoms with Gasteiger partial charge in [0.1, 0.15) is 5.60 Å². The number of amides is 1. The molecule has 19 heavy (non-hydrogen) atoms. The summed E-state index contributed by atoms with van der Waals surface area (Å²) in [6, 6.07) is 6.47. The van der Waals surface area contributed by atoms with Crippen LogP contribution in [-0.4, -0.2) is 22.8 Å². The molecule has 0 heterocycles. The van der Waals surface area contributed by atoms with Crippen molar-refractivity contribution in [2.24, 2.45) is 0 Å². The number of aliphatic carboxylic acids is 1. The smallest absolute Gasteiger partial charge is 0.412 e. The Bertz CT molecular complexity index is 529. The van der Waals surface area contributed by atoms with Crippen LogP contribution in [0.4, 0.5) is 10.5 Å². The average Bonchev–Trinajstić information content (AvgIpc) is 2.25. The fourth-order valence-electron chi connectivity index (χ4n) is 1.18. The van der Waals surface area contributed by atoms with Crippen LogP contribution in [0.5, 0.6) is 0 Å². The Morgan fingerprint density at radius 3 is 2.26 bits per heavy atom. The number of ether oxygens (including phenoxy) is 1. The van der Waals surface area contributed by atoms with E-state index in [0.29, 0.717) is 11.3 Å². The van der Waals surface area contributed by atoms with Crippen molar-refractivity contribution in [1.82, 2.24) is 0 Å². The largest absolute Gasteiger partial charge is 0.472 e. The number of benzene rings is 1. The highest BCUT2D eigenvalue weighted by atomic mass is 16.6. The molecule has 0 aliphatic rings. The summed E-state index contributed by atoms with van der Waals surface area (Å²) in [7, 11) is 0. The summed E-state index contributed by atoms with van der Waals surface area (Å²) >= 11 is 0. The van der Waals surface area contributed by atoms with Crippen molar-refractivity contribution in [3.63, 3.8) is 0 Å². The molecule has 0 aliphatic heterocycles. The summed E-state index contributed by atoms with van der Waals surface area (Å²) in [4.78, 5) is 21.8. The van der Waals surface area contributed by atoms with Crippen LogP contribution >= 0.6 is 0 Å². The number of carbonyl (C=O) groups is 2. The molecular weight excluding hydrogens is 246 g/mol. The van der Waals surface area contributed by atoms with Gasteiger partial charge in [0.05, 0.1) is 0 Å². The van der Waals surface area contributed by atoms with E-state index >= 15 is 0 Å². The van der Waals surface area contributed by atoms with E-state index in [0.717, 1.165) is 0 Å². The number of rotatable bonds is 1. The quantitative estimate of drug-likeness (QED) is 0.761. The van der Waals surface area contributed by atoms with Crippen molar-refractivity contribution in [2.45, 2.75) is 26.4 Å². The van der Waals surface area contributed by atoms with Gasteiger partial charge in [-0.2, -0.15) is 0 Å². The second-order valence-electron chi connectivity index (χ2n) is 4.76. The Labute approximate surface area is 111 Å². The van der Waals surface area contributed by atoms with Crippen molar-refractivity contribution in [3.05, 3.63) is 29.8 Å².